The third-order valence-electron chi connectivity index (χ3n) is 2.19. The van der Waals surface area contributed by atoms with Crippen LogP contribution in [0.1, 0.15) is 12.5 Å². The second kappa shape index (κ2) is 4.02. The van der Waals surface area contributed by atoms with Crippen LogP contribution in [0.15, 0.2) is 30.5 Å². The van der Waals surface area contributed by atoms with Crippen LogP contribution in [0.3, 0.4) is 0 Å². The molecule has 0 radical (unpaired) electrons. The number of ether oxygens (including phenoxy) is 1. The van der Waals surface area contributed by atoms with Gasteiger partial charge < -0.3 is 4.74 Å². The van der Waals surface area contributed by atoms with Gasteiger partial charge in [-0.15, -0.1) is 5.92 Å². The van der Waals surface area contributed by atoms with Crippen LogP contribution in [-0.2, 0) is 0 Å². The average Bonchev–Trinajstić information content (AvgIpc) is 2.28. The van der Waals surface area contributed by atoms with E-state index in [-0.39, 0.29) is 0 Å². The maximum atomic E-state index is 5.27. The van der Waals surface area contributed by atoms with E-state index < -0.39 is 0 Å². The van der Waals surface area contributed by atoms with Gasteiger partial charge in [0.2, 0.25) is 0 Å². The second-order valence-corrected chi connectivity index (χ2v) is 3.12. The molecule has 0 fully saturated rings. The molecule has 15 heavy (non-hydrogen) atoms. The number of aromatic nitrogens is 1. The number of hydrogen-bond acceptors (Lipinski definition) is 2. The molecule has 0 bridgehead atoms. The van der Waals surface area contributed by atoms with Crippen LogP contribution >= 0.6 is 0 Å². The topological polar surface area (TPSA) is 22.1 Å². The van der Waals surface area contributed by atoms with Crippen LogP contribution in [0.2, 0.25) is 0 Å². The zero-order chi connectivity index (χ0) is 10.7. The van der Waals surface area contributed by atoms with Crippen molar-refractivity contribution < 1.29 is 4.74 Å². The van der Waals surface area contributed by atoms with Gasteiger partial charge in [0, 0.05) is 17.1 Å². The first-order valence-corrected chi connectivity index (χ1v) is 4.70. The summed E-state index contributed by atoms with van der Waals surface area (Å²) in [6.45, 7) is 1.82. The molecule has 1 aromatic heterocycles. The van der Waals surface area contributed by atoms with E-state index >= 15 is 0 Å². The lowest BCUT2D eigenvalue weighted by atomic mass is 10.1. The fraction of sp³-hybridized carbons (Fsp3) is 0.154. The lowest BCUT2D eigenvalue weighted by Gasteiger charge is -2.04. The molecule has 1 heterocycles. The highest BCUT2D eigenvalue weighted by atomic mass is 16.5. The molecule has 0 unspecified atom stereocenters. The minimum atomic E-state index is 0.833. The molecular formula is C13H11NO. The van der Waals surface area contributed by atoms with Gasteiger partial charge in [-0.3, -0.25) is 4.98 Å². The molecule has 0 N–H and O–H groups in total. The van der Waals surface area contributed by atoms with E-state index in [1.165, 1.54) is 0 Å². The van der Waals surface area contributed by atoms with Crippen molar-refractivity contribution in [2.24, 2.45) is 0 Å². The van der Waals surface area contributed by atoms with E-state index in [0.717, 1.165) is 22.2 Å². The van der Waals surface area contributed by atoms with Crippen LogP contribution in [0.4, 0.5) is 0 Å². The zero-order valence-electron chi connectivity index (χ0n) is 8.74. The monoisotopic (exact) mass is 197 g/mol. The standard InChI is InChI=1S/C13H11NO/c1-3-4-10-5-6-12-11(9-10)13(15-2)7-8-14-12/h5-9H,1-2H3. The van der Waals surface area contributed by atoms with Gasteiger partial charge in [-0.05, 0) is 31.2 Å². The Hall–Kier alpha value is -2.01. The van der Waals surface area contributed by atoms with E-state index in [0.29, 0.717) is 0 Å². The highest BCUT2D eigenvalue weighted by Gasteiger charge is 2.01. The Morgan fingerprint density at radius 1 is 1.27 bits per heavy atom. The fourth-order valence-electron chi connectivity index (χ4n) is 1.52. The highest BCUT2D eigenvalue weighted by molar-refractivity contribution is 5.86. The first kappa shape index (κ1) is 9.54. The van der Waals surface area contributed by atoms with Crippen molar-refractivity contribution >= 4 is 10.9 Å². The van der Waals surface area contributed by atoms with Gasteiger partial charge in [0.1, 0.15) is 5.75 Å². The van der Waals surface area contributed by atoms with Crippen molar-refractivity contribution in [3.05, 3.63) is 36.0 Å². The first-order valence-electron chi connectivity index (χ1n) is 4.70. The van der Waals surface area contributed by atoms with Gasteiger partial charge >= 0.3 is 0 Å². The summed E-state index contributed by atoms with van der Waals surface area (Å²) >= 11 is 0. The number of methoxy groups -OCH3 is 1. The predicted octanol–water partition coefficient (Wildman–Crippen LogP) is 2.61. The molecule has 2 heteroatoms. The largest absolute Gasteiger partial charge is 0.496 e. The van der Waals surface area contributed by atoms with Gasteiger partial charge in [0.05, 0.1) is 12.6 Å². The van der Waals surface area contributed by atoms with Crippen molar-refractivity contribution in [1.82, 2.24) is 4.98 Å². The van der Waals surface area contributed by atoms with Crippen LogP contribution in [-0.4, -0.2) is 12.1 Å². The number of benzene rings is 1. The highest BCUT2D eigenvalue weighted by Crippen LogP contribution is 2.24. The zero-order valence-corrected chi connectivity index (χ0v) is 8.74. The summed E-state index contributed by atoms with van der Waals surface area (Å²) in [5, 5.41) is 1.00. The number of fused-ring (bicyclic) bond motifs is 1. The lowest BCUT2D eigenvalue weighted by Crippen LogP contribution is -1.87. The summed E-state index contributed by atoms with van der Waals surface area (Å²) in [5.41, 5.74) is 1.91. The molecule has 1 aromatic carbocycles. The Labute approximate surface area is 88.9 Å². The lowest BCUT2D eigenvalue weighted by molar-refractivity contribution is 0.419. The van der Waals surface area contributed by atoms with Crippen LogP contribution in [0.25, 0.3) is 10.9 Å². The smallest absolute Gasteiger partial charge is 0.129 e. The predicted molar refractivity (Wildman–Crippen MR) is 60.8 cm³/mol. The molecule has 2 nitrogen and oxygen atoms in total. The molecule has 0 atom stereocenters. The van der Waals surface area contributed by atoms with Crippen LogP contribution in [0, 0.1) is 11.8 Å². The third-order valence-corrected chi connectivity index (χ3v) is 2.19. The molecule has 0 amide bonds. The van der Waals surface area contributed by atoms with Gasteiger partial charge in [0.25, 0.3) is 0 Å². The first-order chi connectivity index (χ1) is 7.35. The fourth-order valence-corrected chi connectivity index (χ4v) is 1.52. The van der Waals surface area contributed by atoms with E-state index in [1.54, 1.807) is 13.3 Å². The Bertz CT molecular complexity index is 549. The third kappa shape index (κ3) is 1.77. The SMILES string of the molecule is CC#Cc1ccc2nccc(OC)c2c1. The second-order valence-electron chi connectivity index (χ2n) is 3.12. The van der Waals surface area contributed by atoms with E-state index in [1.807, 2.05) is 31.2 Å². The summed E-state index contributed by atoms with van der Waals surface area (Å²) in [6, 6.07) is 7.77. The number of rotatable bonds is 1. The summed E-state index contributed by atoms with van der Waals surface area (Å²) in [4.78, 5) is 4.26. The summed E-state index contributed by atoms with van der Waals surface area (Å²) in [5.74, 6) is 6.73. The van der Waals surface area contributed by atoms with E-state index in [2.05, 4.69) is 16.8 Å². The van der Waals surface area contributed by atoms with E-state index in [9.17, 15) is 0 Å². The molecule has 2 aromatic rings. The summed E-state index contributed by atoms with van der Waals surface area (Å²) in [6.07, 6.45) is 1.74. The van der Waals surface area contributed by atoms with Gasteiger partial charge in [-0.1, -0.05) is 5.92 Å². The summed E-state index contributed by atoms with van der Waals surface area (Å²) in [7, 11) is 1.66. The van der Waals surface area contributed by atoms with Crippen LogP contribution in [0.5, 0.6) is 5.75 Å². The van der Waals surface area contributed by atoms with Gasteiger partial charge in [0.15, 0.2) is 0 Å². The van der Waals surface area contributed by atoms with Crippen molar-refractivity contribution in [2.75, 3.05) is 7.11 Å². The normalized spacial score (nSPS) is 9.47. The molecule has 0 saturated carbocycles. The van der Waals surface area contributed by atoms with Crippen molar-refractivity contribution in [2.45, 2.75) is 6.92 Å². The summed E-state index contributed by atoms with van der Waals surface area (Å²) < 4.78 is 5.27. The van der Waals surface area contributed by atoms with Gasteiger partial charge in [-0.2, -0.15) is 0 Å². The van der Waals surface area contributed by atoms with Gasteiger partial charge in [-0.25, -0.2) is 0 Å². The van der Waals surface area contributed by atoms with Crippen molar-refractivity contribution in [3.63, 3.8) is 0 Å². The molecule has 0 aliphatic rings. The van der Waals surface area contributed by atoms with Crippen molar-refractivity contribution in [3.8, 4) is 17.6 Å². The molecule has 0 aliphatic heterocycles. The molecule has 2 rings (SSSR count). The Balaban J connectivity index is 2.70. The van der Waals surface area contributed by atoms with E-state index in [4.69, 9.17) is 4.74 Å². The molecule has 0 spiro atoms. The Kier molecular flexibility index (Phi) is 2.55. The minimum Gasteiger partial charge on any atom is -0.496 e. The maximum absolute atomic E-state index is 5.27. The number of pyridine rings is 1. The maximum Gasteiger partial charge on any atom is 0.129 e. The molecule has 0 saturated heterocycles. The Morgan fingerprint density at radius 2 is 2.13 bits per heavy atom. The minimum absolute atomic E-state index is 0.833. The quantitative estimate of drug-likeness (QED) is 0.655. The molecular weight excluding hydrogens is 186 g/mol. The number of nitrogens with zero attached hydrogens (tertiary/aromatic N) is 1. The average molecular weight is 197 g/mol. The molecule has 74 valence electrons. The molecule has 0 aliphatic carbocycles. The van der Waals surface area contributed by atoms with Crippen LogP contribution < -0.4 is 4.74 Å². The Morgan fingerprint density at radius 3 is 2.87 bits per heavy atom. The number of hydrogen-bond donors (Lipinski definition) is 0. The van der Waals surface area contributed by atoms with Crippen molar-refractivity contribution in [1.29, 1.82) is 0 Å².